The number of benzene rings is 1. The third kappa shape index (κ3) is 1.21. The highest BCUT2D eigenvalue weighted by atomic mass is 19.1. The zero-order chi connectivity index (χ0) is 11.1. The van der Waals surface area contributed by atoms with E-state index in [1.165, 1.54) is 6.20 Å². The molecule has 0 radical (unpaired) electrons. The summed E-state index contributed by atoms with van der Waals surface area (Å²) < 4.78 is 14.1. The second-order valence-corrected chi connectivity index (χ2v) is 3.64. The van der Waals surface area contributed by atoms with Crippen LogP contribution in [0.3, 0.4) is 0 Å². The first-order valence-electron chi connectivity index (χ1n) is 4.89. The van der Waals surface area contributed by atoms with Crippen molar-refractivity contribution in [3.05, 3.63) is 36.2 Å². The molecular weight excluding hydrogens is 207 g/mol. The summed E-state index contributed by atoms with van der Waals surface area (Å²) in [5, 5.41) is 7.03. The molecule has 0 aliphatic carbocycles. The van der Waals surface area contributed by atoms with Gasteiger partial charge in [-0.15, -0.1) is 0 Å². The van der Waals surface area contributed by atoms with E-state index in [4.69, 9.17) is 0 Å². The van der Waals surface area contributed by atoms with Gasteiger partial charge in [0, 0.05) is 5.56 Å². The number of aromatic amines is 2. The molecule has 0 saturated carbocycles. The SMILES string of the molecule is Cc1ncc(-c2ccc3[nH]ncc3c2F)[nH]1. The van der Waals surface area contributed by atoms with Crippen LogP contribution in [0.15, 0.2) is 24.5 Å². The van der Waals surface area contributed by atoms with Crippen LogP contribution in [-0.4, -0.2) is 20.2 Å². The second kappa shape index (κ2) is 3.16. The molecule has 0 spiro atoms. The lowest BCUT2D eigenvalue weighted by molar-refractivity contribution is 0.643. The largest absolute Gasteiger partial charge is 0.342 e. The lowest BCUT2D eigenvalue weighted by Crippen LogP contribution is -1.85. The molecule has 0 aliphatic rings. The zero-order valence-corrected chi connectivity index (χ0v) is 8.58. The fraction of sp³-hybridized carbons (Fsp3) is 0.0909. The Morgan fingerprint density at radius 3 is 2.88 bits per heavy atom. The quantitative estimate of drug-likeness (QED) is 0.656. The van der Waals surface area contributed by atoms with Gasteiger partial charge in [-0.25, -0.2) is 9.37 Å². The second-order valence-electron chi connectivity index (χ2n) is 3.64. The zero-order valence-electron chi connectivity index (χ0n) is 8.58. The highest BCUT2D eigenvalue weighted by molar-refractivity contribution is 5.84. The number of H-pyrrole nitrogens is 2. The Labute approximate surface area is 90.5 Å². The van der Waals surface area contributed by atoms with E-state index < -0.39 is 0 Å². The molecule has 1 aromatic carbocycles. The minimum absolute atomic E-state index is 0.282. The molecule has 2 heterocycles. The minimum atomic E-state index is -0.282. The van der Waals surface area contributed by atoms with Crippen molar-refractivity contribution in [1.82, 2.24) is 20.2 Å². The maximum Gasteiger partial charge on any atom is 0.143 e. The van der Waals surface area contributed by atoms with E-state index >= 15 is 0 Å². The molecule has 4 nitrogen and oxygen atoms in total. The van der Waals surface area contributed by atoms with Gasteiger partial charge in [0.1, 0.15) is 11.6 Å². The first-order chi connectivity index (χ1) is 7.75. The van der Waals surface area contributed by atoms with Crippen LogP contribution in [0.25, 0.3) is 22.2 Å². The number of nitrogens with zero attached hydrogens (tertiary/aromatic N) is 2. The van der Waals surface area contributed by atoms with Gasteiger partial charge in [-0.2, -0.15) is 5.10 Å². The van der Waals surface area contributed by atoms with E-state index in [2.05, 4.69) is 20.2 Å². The van der Waals surface area contributed by atoms with Crippen LogP contribution in [0, 0.1) is 12.7 Å². The molecule has 0 atom stereocenters. The lowest BCUT2D eigenvalue weighted by atomic mass is 10.1. The Balaban J connectivity index is 2.27. The van der Waals surface area contributed by atoms with Gasteiger partial charge in [0.2, 0.25) is 0 Å². The molecule has 5 heteroatoms. The van der Waals surface area contributed by atoms with Crippen molar-refractivity contribution in [3.8, 4) is 11.3 Å². The molecule has 3 rings (SSSR count). The summed E-state index contributed by atoms with van der Waals surface area (Å²) in [5.74, 6) is 0.483. The van der Waals surface area contributed by atoms with Gasteiger partial charge < -0.3 is 4.98 Å². The summed E-state index contributed by atoms with van der Waals surface area (Å²) in [7, 11) is 0. The Kier molecular flexibility index (Phi) is 1.80. The van der Waals surface area contributed by atoms with Crippen molar-refractivity contribution in [1.29, 1.82) is 0 Å². The number of rotatable bonds is 1. The molecule has 2 N–H and O–H groups in total. The number of aromatic nitrogens is 4. The van der Waals surface area contributed by atoms with Crippen molar-refractivity contribution in [2.45, 2.75) is 6.92 Å². The third-order valence-corrected chi connectivity index (χ3v) is 2.55. The molecule has 0 unspecified atom stereocenters. The average molecular weight is 216 g/mol. The Morgan fingerprint density at radius 2 is 2.12 bits per heavy atom. The predicted octanol–water partition coefficient (Wildman–Crippen LogP) is 2.40. The fourth-order valence-electron chi connectivity index (χ4n) is 1.75. The number of fused-ring (bicyclic) bond motifs is 1. The van der Waals surface area contributed by atoms with Gasteiger partial charge in [-0.1, -0.05) is 0 Å². The number of halogens is 1. The van der Waals surface area contributed by atoms with Crippen molar-refractivity contribution < 1.29 is 4.39 Å². The molecule has 0 aliphatic heterocycles. The summed E-state index contributed by atoms with van der Waals surface area (Å²) in [6, 6.07) is 3.51. The van der Waals surface area contributed by atoms with Gasteiger partial charge >= 0.3 is 0 Å². The van der Waals surface area contributed by atoms with Gasteiger partial charge in [0.25, 0.3) is 0 Å². The van der Waals surface area contributed by atoms with Crippen LogP contribution >= 0.6 is 0 Å². The monoisotopic (exact) mass is 216 g/mol. The van der Waals surface area contributed by atoms with Gasteiger partial charge in [-0.05, 0) is 19.1 Å². The summed E-state index contributed by atoms with van der Waals surface area (Å²) in [4.78, 5) is 7.06. The van der Waals surface area contributed by atoms with Crippen LogP contribution in [-0.2, 0) is 0 Å². The third-order valence-electron chi connectivity index (χ3n) is 2.55. The van der Waals surface area contributed by atoms with Crippen molar-refractivity contribution >= 4 is 10.9 Å². The maximum absolute atomic E-state index is 14.1. The molecule has 16 heavy (non-hydrogen) atoms. The molecule has 0 amide bonds. The smallest absolute Gasteiger partial charge is 0.143 e. The molecular formula is C11H9FN4. The van der Waals surface area contributed by atoms with E-state index in [9.17, 15) is 4.39 Å². The highest BCUT2D eigenvalue weighted by Crippen LogP contribution is 2.26. The summed E-state index contributed by atoms with van der Waals surface area (Å²) in [6.07, 6.45) is 3.11. The van der Waals surface area contributed by atoms with Crippen LogP contribution in [0.4, 0.5) is 4.39 Å². The van der Waals surface area contributed by atoms with Crippen molar-refractivity contribution in [2.24, 2.45) is 0 Å². The molecule has 80 valence electrons. The molecule has 0 fully saturated rings. The van der Waals surface area contributed by atoms with Gasteiger partial charge in [-0.3, -0.25) is 5.10 Å². The van der Waals surface area contributed by atoms with Crippen LogP contribution in [0.2, 0.25) is 0 Å². The van der Waals surface area contributed by atoms with E-state index in [0.29, 0.717) is 22.2 Å². The highest BCUT2D eigenvalue weighted by Gasteiger charge is 2.11. The molecule has 0 saturated heterocycles. The lowest BCUT2D eigenvalue weighted by Gasteiger charge is -2.00. The predicted molar refractivity (Wildman–Crippen MR) is 58.4 cm³/mol. The van der Waals surface area contributed by atoms with E-state index in [0.717, 1.165) is 5.82 Å². The number of nitrogens with one attached hydrogen (secondary N) is 2. The first kappa shape index (κ1) is 9.08. The Bertz CT molecular complexity index is 653. The van der Waals surface area contributed by atoms with Crippen LogP contribution < -0.4 is 0 Å². The Hall–Kier alpha value is -2.17. The van der Waals surface area contributed by atoms with Crippen molar-refractivity contribution in [2.75, 3.05) is 0 Å². The Morgan fingerprint density at radius 1 is 1.25 bits per heavy atom. The van der Waals surface area contributed by atoms with E-state index in [-0.39, 0.29) is 5.82 Å². The average Bonchev–Trinajstić information content (AvgIpc) is 2.87. The summed E-state index contributed by atoms with van der Waals surface area (Å²) in [6.45, 7) is 1.83. The van der Waals surface area contributed by atoms with Gasteiger partial charge in [0.05, 0.1) is 29.0 Å². The van der Waals surface area contributed by atoms with Crippen LogP contribution in [0.1, 0.15) is 5.82 Å². The first-order valence-corrected chi connectivity index (χ1v) is 4.89. The van der Waals surface area contributed by atoms with Gasteiger partial charge in [0.15, 0.2) is 0 Å². The van der Waals surface area contributed by atoms with E-state index in [1.54, 1.807) is 18.3 Å². The minimum Gasteiger partial charge on any atom is -0.342 e. The number of aryl methyl sites for hydroxylation is 1. The van der Waals surface area contributed by atoms with Crippen molar-refractivity contribution in [3.63, 3.8) is 0 Å². The normalized spacial score (nSPS) is 11.1. The molecule has 2 aromatic heterocycles. The maximum atomic E-state index is 14.1. The summed E-state index contributed by atoms with van der Waals surface area (Å²) >= 11 is 0. The standard InChI is InChI=1S/C11H9FN4/c1-6-13-5-10(15-6)7-2-3-9-8(11(7)12)4-14-16-9/h2-5H,1H3,(H,13,15)(H,14,16). The molecule has 3 aromatic rings. The number of imidazole rings is 1. The fourth-order valence-corrected chi connectivity index (χ4v) is 1.75. The molecule has 0 bridgehead atoms. The van der Waals surface area contributed by atoms with Crippen LogP contribution in [0.5, 0.6) is 0 Å². The topological polar surface area (TPSA) is 57.4 Å². The number of hydrogen-bond donors (Lipinski definition) is 2. The van der Waals surface area contributed by atoms with E-state index in [1.807, 2.05) is 6.92 Å². The summed E-state index contributed by atoms with van der Waals surface area (Å²) in [5.41, 5.74) is 1.88. The number of hydrogen-bond acceptors (Lipinski definition) is 2.